The van der Waals surface area contributed by atoms with Gasteiger partial charge in [-0.15, -0.1) is 0 Å². The number of pyridine rings is 1. The first-order valence-electron chi connectivity index (χ1n) is 11.0. The number of carbonyl (C=O) groups is 3. The Kier molecular flexibility index (Phi) is 10.9. The molecule has 190 valence electrons. The number of hydrogen-bond donors (Lipinski definition) is 2. The third kappa shape index (κ3) is 9.98. The minimum Gasteiger partial charge on any atom is -0.482 e. The average Bonchev–Trinajstić information content (AvgIpc) is 2.80. The molecular weight excluding hydrogens is 458 g/mol. The lowest BCUT2D eigenvalue weighted by molar-refractivity contribution is -0.112. The maximum atomic E-state index is 13.0. The van der Waals surface area contributed by atoms with Crippen molar-refractivity contribution >= 4 is 18.3 Å². The molecule has 0 fully saturated rings. The Morgan fingerprint density at radius 2 is 1.74 bits per heavy atom. The number of nitrogens with zero attached hydrogens (tertiary/aromatic N) is 1. The zero-order valence-electron chi connectivity index (χ0n) is 20.1. The van der Waals surface area contributed by atoms with Gasteiger partial charge >= 0.3 is 6.09 Å². The molecule has 2 rings (SSSR count). The number of amides is 2. The standard InChI is InChI=1S/C24H31N3O8/c1-24(2,3)35-23(31)26-27-11-9-19(29)21(34-17-18-7-5-4-6-8-18)20(27)22(30)25-10-13-32-15-16-33-14-12-28/h4-9,11-12H,10,13-17H2,1-3H3,(H,25,30)(H,26,31). The van der Waals surface area contributed by atoms with Crippen molar-refractivity contribution in [1.29, 1.82) is 0 Å². The van der Waals surface area contributed by atoms with Gasteiger partial charge in [-0.05, 0) is 26.3 Å². The molecular formula is C24H31N3O8. The van der Waals surface area contributed by atoms with Crippen molar-refractivity contribution in [2.45, 2.75) is 33.0 Å². The van der Waals surface area contributed by atoms with Crippen LogP contribution in [0.15, 0.2) is 47.4 Å². The number of ether oxygens (including phenoxy) is 4. The third-order valence-corrected chi connectivity index (χ3v) is 4.20. The van der Waals surface area contributed by atoms with Crippen LogP contribution in [0.5, 0.6) is 5.75 Å². The molecule has 0 radical (unpaired) electrons. The summed E-state index contributed by atoms with van der Waals surface area (Å²) in [5, 5.41) is 2.64. The first-order valence-corrected chi connectivity index (χ1v) is 11.0. The highest BCUT2D eigenvalue weighted by Gasteiger charge is 2.23. The summed E-state index contributed by atoms with van der Waals surface area (Å²) in [5.74, 6) is -0.893. The first kappa shape index (κ1) is 27.5. The average molecular weight is 490 g/mol. The molecule has 35 heavy (non-hydrogen) atoms. The molecule has 0 spiro atoms. The van der Waals surface area contributed by atoms with E-state index in [1.54, 1.807) is 20.8 Å². The van der Waals surface area contributed by atoms with Crippen molar-refractivity contribution in [2.75, 3.05) is 38.4 Å². The van der Waals surface area contributed by atoms with E-state index in [0.717, 1.165) is 10.2 Å². The predicted molar refractivity (Wildman–Crippen MR) is 127 cm³/mol. The Bertz CT molecular complexity index is 1030. The van der Waals surface area contributed by atoms with E-state index in [1.165, 1.54) is 12.3 Å². The Morgan fingerprint density at radius 3 is 2.43 bits per heavy atom. The van der Waals surface area contributed by atoms with Gasteiger partial charge in [-0.1, -0.05) is 30.3 Å². The maximum absolute atomic E-state index is 13.0. The highest BCUT2D eigenvalue weighted by molar-refractivity contribution is 5.96. The van der Waals surface area contributed by atoms with Gasteiger partial charge in [-0.3, -0.25) is 9.59 Å². The van der Waals surface area contributed by atoms with E-state index in [4.69, 9.17) is 18.9 Å². The van der Waals surface area contributed by atoms with Crippen molar-refractivity contribution in [3.05, 3.63) is 64.1 Å². The fraction of sp³-hybridized carbons (Fsp3) is 0.417. The molecule has 2 amide bonds. The summed E-state index contributed by atoms with van der Waals surface area (Å²) in [6.07, 6.45) is 1.07. The van der Waals surface area contributed by atoms with E-state index in [0.29, 0.717) is 6.29 Å². The lowest BCUT2D eigenvalue weighted by Crippen LogP contribution is -2.37. The molecule has 1 aromatic carbocycles. The summed E-state index contributed by atoms with van der Waals surface area (Å²) in [6.45, 7) is 5.87. The molecule has 1 aromatic heterocycles. The smallest absolute Gasteiger partial charge is 0.426 e. The van der Waals surface area contributed by atoms with Crippen LogP contribution in [0.1, 0.15) is 36.8 Å². The number of carbonyl (C=O) groups excluding carboxylic acids is 3. The van der Waals surface area contributed by atoms with E-state index in [1.807, 2.05) is 30.3 Å². The summed E-state index contributed by atoms with van der Waals surface area (Å²) >= 11 is 0. The van der Waals surface area contributed by atoms with Crippen LogP contribution in [-0.2, 0) is 25.6 Å². The molecule has 0 unspecified atom stereocenters. The Balaban J connectivity index is 2.16. The number of aromatic nitrogens is 1. The van der Waals surface area contributed by atoms with Crippen molar-refractivity contribution in [3.8, 4) is 5.75 Å². The Labute approximate surface area is 203 Å². The van der Waals surface area contributed by atoms with Gasteiger partial charge in [0.1, 0.15) is 25.1 Å². The van der Waals surface area contributed by atoms with Gasteiger partial charge in [0.15, 0.2) is 11.4 Å². The highest BCUT2D eigenvalue weighted by atomic mass is 16.6. The van der Waals surface area contributed by atoms with Gasteiger partial charge in [0.05, 0.1) is 19.8 Å². The van der Waals surface area contributed by atoms with Crippen molar-refractivity contribution in [3.63, 3.8) is 0 Å². The summed E-state index contributed by atoms with van der Waals surface area (Å²) in [5.41, 5.74) is 1.73. The van der Waals surface area contributed by atoms with Crippen LogP contribution in [0.2, 0.25) is 0 Å². The second-order valence-electron chi connectivity index (χ2n) is 8.23. The van der Waals surface area contributed by atoms with Crippen molar-refractivity contribution in [2.24, 2.45) is 0 Å². The summed E-state index contributed by atoms with van der Waals surface area (Å²) in [4.78, 5) is 48.2. The third-order valence-electron chi connectivity index (χ3n) is 4.20. The van der Waals surface area contributed by atoms with Gasteiger partial charge < -0.3 is 29.1 Å². The van der Waals surface area contributed by atoms with Crippen LogP contribution < -0.4 is 20.9 Å². The predicted octanol–water partition coefficient (Wildman–Crippen LogP) is 1.87. The lowest BCUT2D eigenvalue weighted by Gasteiger charge is -2.22. The Morgan fingerprint density at radius 1 is 1.03 bits per heavy atom. The molecule has 0 aliphatic carbocycles. The van der Waals surface area contributed by atoms with E-state index in [9.17, 15) is 19.2 Å². The van der Waals surface area contributed by atoms with Crippen LogP contribution in [0, 0.1) is 0 Å². The number of benzene rings is 1. The number of nitrogens with one attached hydrogen (secondary N) is 2. The van der Waals surface area contributed by atoms with Crippen molar-refractivity contribution < 1.29 is 33.3 Å². The van der Waals surface area contributed by atoms with E-state index in [2.05, 4.69) is 10.7 Å². The van der Waals surface area contributed by atoms with Gasteiger partial charge in [-0.25, -0.2) is 14.9 Å². The molecule has 11 heteroatoms. The van der Waals surface area contributed by atoms with E-state index < -0.39 is 23.0 Å². The minimum absolute atomic E-state index is 0.0119. The summed E-state index contributed by atoms with van der Waals surface area (Å²) < 4.78 is 22.4. The fourth-order valence-electron chi connectivity index (χ4n) is 2.76. The second kappa shape index (κ2) is 13.9. The molecule has 0 bridgehead atoms. The lowest BCUT2D eigenvalue weighted by atomic mass is 10.2. The van der Waals surface area contributed by atoms with Crippen LogP contribution in [0.3, 0.4) is 0 Å². The van der Waals surface area contributed by atoms with Gasteiger partial charge in [0.25, 0.3) is 5.91 Å². The van der Waals surface area contributed by atoms with Gasteiger partial charge in [-0.2, -0.15) is 0 Å². The molecule has 1 heterocycles. The van der Waals surface area contributed by atoms with Crippen molar-refractivity contribution in [1.82, 2.24) is 9.99 Å². The number of aldehydes is 1. The molecule has 2 N–H and O–H groups in total. The summed E-state index contributed by atoms with van der Waals surface area (Å²) in [7, 11) is 0. The van der Waals surface area contributed by atoms with Gasteiger partial charge in [0.2, 0.25) is 5.43 Å². The molecule has 0 aliphatic heterocycles. The zero-order chi connectivity index (χ0) is 25.7. The number of rotatable bonds is 13. The molecule has 11 nitrogen and oxygen atoms in total. The molecule has 0 atom stereocenters. The first-order chi connectivity index (χ1) is 16.7. The molecule has 0 saturated carbocycles. The Hall–Kier alpha value is -3.70. The normalized spacial score (nSPS) is 10.9. The van der Waals surface area contributed by atoms with Crippen LogP contribution in [-0.4, -0.2) is 61.5 Å². The van der Waals surface area contributed by atoms with Gasteiger partial charge in [0, 0.05) is 18.8 Å². The fourth-order valence-corrected chi connectivity index (χ4v) is 2.76. The molecule has 0 aliphatic rings. The van der Waals surface area contributed by atoms with Crippen LogP contribution in [0.4, 0.5) is 4.79 Å². The minimum atomic E-state index is -0.817. The SMILES string of the molecule is CC(C)(C)OC(=O)Nn1ccc(=O)c(OCc2ccccc2)c1C(=O)NCCOCCOCC=O. The van der Waals surface area contributed by atoms with Crippen LogP contribution >= 0.6 is 0 Å². The maximum Gasteiger partial charge on any atom is 0.426 e. The van der Waals surface area contributed by atoms with Crippen LogP contribution in [0.25, 0.3) is 0 Å². The van der Waals surface area contributed by atoms with E-state index >= 15 is 0 Å². The molecule has 2 aromatic rings. The monoisotopic (exact) mass is 489 g/mol. The largest absolute Gasteiger partial charge is 0.482 e. The quantitative estimate of drug-likeness (QED) is 0.322. The molecule has 0 saturated heterocycles. The number of hydrogen-bond acceptors (Lipinski definition) is 8. The highest BCUT2D eigenvalue weighted by Crippen LogP contribution is 2.16. The summed E-state index contributed by atoms with van der Waals surface area (Å²) in [6, 6.07) is 10.3. The van der Waals surface area contributed by atoms with E-state index in [-0.39, 0.29) is 51.0 Å². The topological polar surface area (TPSA) is 134 Å². The second-order valence-corrected chi connectivity index (χ2v) is 8.23. The zero-order valence-corrected chi connectivity index (χ0v) is 20.1.